The summed E-state index contributed by atoms with van der Waals surface area (Å²) in [4.78, 5) is 16.6. The van der Waals surface area contributed by atoms with Crippen molar-refractivity contribution in [1.29, 1.82) is 0 Å². The molecule has 0 atom stereocenters. The molecule has 22 heavy (non-hydrogen) atoms. The van der Waals surface area contributed by atoms with E-state index in [2.05, 4.69) is 16.4 Å². The molecule has 1 aromatic heterocycles. The third kappa shape index (κ3) is 3.29. The van der Waals surface area contributed by atoms with Gasteiger partial charge in [0.15, 0.2) is 5.13 Å². The number of amides is 1. The number of nitrogens with one attached hydrogen (secondary N) is 1. The molecule has 0 saturated carbocycles. The first kappa shape index (κ1) is 15.0. The van der Waals surface area contributed by atoms with Crippen LogP contribution in [-0.2, 0) is 11.2 Å². The van der Waals surface area contributed by atoms with Crippen molar-refractivity contribution >= 4 is 44.2 Å². The molecule has 0 aliphatic heterocycles. The molecule has 0 saturated heterocycles. The lowest BCUT2D eigenvalue weighted by Crippen LogP contribution is -2.14. The van der Waals surface area contributed by atoms with Gasteiger partial charge < -0.3 is 5.32 Å². The Bertz CT molecular complexity index is 857. The molecule has 0 bridgehead atoms. The molecular weight excluding hydrogens is 316 g/mol. The largest absolute Gasteiger partial charge is 0.302 e. The average Bonchev–Trinajstić information content (AvgIpc) is 2.83. The molecule has 5 heteroatoms. The fraction of sp³-hybridized carbons (Fsp3) is 0.176. The zero-order chi connectivity index (χ0) is 15.7. The molecule has 0 spiro atoms. The molecule has 3 aromatic rings. The summed E-state index contributed by atoms with van der Waals surface area (Å²) in [5.41, 5.74) is 4.21. The number of halogens is 1. The van der Waals surface area contributed by atoms with E-state index in [0.29, 0.717) is 16.6 Å². The number of carbonyl (C=O) groups excluding carboxylic acids is 1. The Morgan fingerprint density at radius 3 is 2.82 bits per heavy atom. The van der Waals surface area contributed by atoms with Gasteiger partial charge in [-0.3, -0.25) is 4.79 Å². The Kier molecular flexibility index (Phi) is 4.14. The fourth-order valence-electron chi connectivity index (χ4n) is 2.33. The predicted molar refractivity (Wildman–Crippen MR) is 92.9 cm³/mol. The third-order valence-corrected chi connectivity index (χ3v) is 4.61. The SMILES string of the molecule is Cc1ccc(CC(=O)Nc2nc3ccc(Cl)cc3s2)c(C)c1. The number of rotatable bonds is 3. The molecule has 3 nitrogen and oxygen atoms in total. The van der Waals surface area contributed by atoms with Crippen molar-refractivity contribution in [3.8, 4) is 0 Å². The van der Waals surface area contributed by atoms with Crippen molar-refractivity contribution in [3.05, 3.63) is 58.1 Å². The third-order valence-electron chi connectivity index (χ3n) is 3.45. The van der Waals surface area contributed by atoms with Crippen LogP contribution in [-0.4, -0.2) is 10.9 Å². The van der Waals surface area contributed by atoms with E-state index in [1.54, 1.807) is 6.07 Å². The maximum absolute atomic E-state index is 12.2. The second kappa shape index (κ2) is 6.07. The van der Waals surface area contributed by atoms with E-state index in [-0.39, 0.29) is 5.91 Å². The molecule has 0 fully saturated rings. The van der Waals surface area contributed by atoms with Gasteiger partial charge in [-0.2, -0.15) is 0 Å². The van der Waals surface area contributed by atoms with Gasteiger partial charge in [-0.05, 0) is 43.2 Å². The number of nitrogens with zero attached hydrogens (tertiary/aromatic N) is 1. The van der Waals surface area contributed by atoms with Gasteiger partial charge in [0.1, 0.15) is 0 Å². The maximum atomic E-state index is 12.2. The van der Waals surface area contributed by atoms with Crippen LogP contribution in [0, 0.1) is 13.8 Å². The second-order valence-electron chi connectivity index (χ2n) is 5.29. The number of hydrogen-bond acceptors (Lipinski definition) is 3. The van der Waals surface area contributed by atoms with Gasteiger partial charge in [-0.15, -0.1) is 0 Å². The van der Waals surface area contributed by atoms with Crippen molar-refractivity contribution in [3.63, 3.8) is 0 Å². The number of anilines is 1. The molecule has 2 aromatic carbocycles. The summed E-state index contributed by atoms with van der Waals surface area (Å²) in [7, 11) is 0. The maximum Gasteiger partial charge on any atom is 0.230 e. The normalized spacial score (nSPS) is 10.9. The smallest absolute Gasteiger partial charge is 0.230 e. The summed E-state index contributed by atoms with van der Waals surface area (Å²) >= 11 is 7.39. The van der Waals surface area contributed by atoms with Crippen molar-refractivity contribution in [2.75, 3.05) is 5.32 Å². The van der Waals surface area contributed by atoms with Crippen molar-refractivity contribution in [2.24, 2.45) is 0 Å². The van der Waals surface area contributed by atoms with E-state index < -0.39 is 0 Å². The van der Waals surface area contributed by atoms with Crippen molar-refractivity contribution < 1.29 is 4.79 Å². The Labute approximate surface area is 138 Å². The number of fused-ring (bicyclic) bond motifs is 1. The molecule has 3 rings (SSSR count). The molecule has 1 N–H and O–H groups in total. The average molecular weight is 331 g/mol. The highest BCUT2D eigenvalue weighted by Gasteiger charge is 2.10. The summed E-state index contributed by atoms with van der Waals surface area (Å²) in [6, 6.07) is 11.6. The lowest BCUT2D eigenvalue weighted by atomic mass is 10.0. The first-order chi connectivity index (χ1) is 10.5. The Morgan fingerprint density at radius 2 is 2.05 bits per heavy atom. The monoisotopic (exact) mass is 330 g/mol. The highest BCUT2D eigenvalue weighted by atomic mass is 35.5. The van der Waals surface area contributed by atoms with E-state index in [1.165, 1.54) is 16.9 Å². The minimum Gasteiger partial charge on any atom is -0.302 e. The second-order valence-corrected chi connectivity index (χ2v) is 6.75. The van der Waals surface area contributed by atoms with E-state index in [1.807, 2.05) is 38.1 Å². The quantitative estimate of drug-likeness (QED) is 0.753. The van der Waals surface area contributed by atoms with Crippen molar-refractivity contribution in [2.45, 2.75) is 20.3 Å². The highest BCUT2D eigenvalue weighted by molar-refractivity contribution is 7.22. The first-order valence-corrected chi connectivity index (χ1v) is 8.13. The van der Waals surface area contributed by atoms with Crippen LogP contribution in [0.3, 0.4) is 0 Å². The molecule has 0 unspecified atom stereocenters. The lowest BCUT2D eigenvalue weighted by Gasteiger charge is -2.06. The van der Waals surface area contributed by atoms with Crippen LogP contribution in [0.5, 0.6) is 0 Å². The number of benzene rings is 2. The van der Waals surface area contributed by atoms with Gasteiger partial charge >= 0.3 is 0 Å². The van der Waals surface area contributed by atoms with Crippen molar-refractivity contribution in [1.82, 2.24) is 4.98 Å². The minimum atomic E-state index is -0.0582. The number of aromatic nitrogens is 1. The first-order valence-electron chi connectivity index (χ1n) is 6.93. The molecule has 1 heterocycles. The van der Waals surface area contributed by atoms with Gasteiger partial charge in [0, 0.05) is 5.02 Å². The van der Waals surface area contributed by atoms with Crippen LogP contribution in [0.15, 0.2) is 36.4 Å². The standard InChI is InChI=1S/C17H15ClN2OS/c1-10-3-4-12(11(2)7-10)8-16(21)20-17-19-14-6-5-13(18)9-15(14)22-17/h3-7,9H,8H2,1-2H3,(H,19,20,21). The molecule has 0 aliphatic carbocycles. The zero-order valence-corrected chi connectivity index (χ0v) is 13.9. The molecule has 0 aliphatic rings. The summed E-state index contributed by atoms with van der Waals surface area (Å²) in [6.45, 7) is 4.07. The number of carbonyl (C=O) groups is 1. The topological polar surface area (TPSA) is 42.0 Å². The van der Waals surface area contributed by atoms with Gasteiger partial charge in [-0.25, -0.2) is 4.98 Å². The summed E-state index contributed by atoms with van der Waals surface area (Å²) in [6.07, 6.45) is 0.350. The molecule has 0 radical (unpaired) electrons. The van der Waals surface area contributed by atoms with Crippen LogP contribution in [0.2, 0.25) is 5.02 Å². The summed E-state index contributed by atoms with van der Waals surface area (Å²) in [5.74, 6) is -0.0582. The van der Waals surface area contributed by atoms with E-state index in [0.717, 1.165) is 21.3 Å². The minimum absolute atomic E-state index is 0.0582. The Morgan fingerprint density at radius 1 is 1.23 bits per heavy atom. The molecule has 112 valence electrons. The van der Waals surface area contributed by atoms with Gasteiger partial charge in [0.2, 0.25) is 5.91 Å². The lowest BCUT2D eigenvalue weighted by molar-refractivity contribution is -0.115. The van der Waals surface area contributed by atoms with E-state index >= 15 is 0 Å². The van der Waals surface area contributed by atoms with E-state index in [9.17, 15) is 4.79 Å². The van der Waals surface area contributed by atoms with Crippen LogP contribution >= 0.6 is 22.9 Å². The van der Waals surface area contributed by atoms with Crippen LogP contribution < -0.4 is 5.32 Å². The number of hydrogen-bond donors (Lipinski definition) is 1. The van der Waals surface area contributed by atoms with Crippen LogP contribution in [0.4, 0.5) is 5.13 Å². The van der Waals surface area contributed by atoms with Crippen LogP contribution in [0.1, 0.15) is 16.7 Å². The number of thiazole rings is 1. The highest BCUT2D eigenvalue weighted by Crippen LogP contribution is 2.28. The fourth-order valence-corrected chi connectivity index (χ4v) is 3.49. The van der Waals surface area contributed by atoms with Crippen LogP contribution in [0.25, 0.3) is 10.2 Å². The summed E-state index contributed by atoms with van der Waals surface area (Å²) in [5, 5.41) is 4.14. The van der Waals surface area contributed by atoms with Gasteiger partial charge in [-0.1, -0.05) is 46.7 Å². The van der Waals surface area contributed by atoms with Gasteiger partial charge in [0.05, 0.1) is 16.6 Å². The Balaban J connectivity index is 1.75. The summed E-state index contributed by atoms with van der Waals surface area (Å²) < 4.78 is 0.967. The molecular formula is C17H15ClN2OS. The molecule has 1 amide bonds. The predicted octanol–water partition coefficient (Wildman–Crippen LogP) is 4.75. The van der Waals surface area contributed by atoms with E-state index in [4.69, 9.17) is 11.6 Å². The Hall–Kier alpha value is -1.91. The number of aryl methyl sites for hydroxylation is 2. The van der Waals surface area contributed by atoms with Gasteiger partial charge in [0.25, 0.3) is 0 Å². The zero-order valence-electron chi connectivity index (χ0n) is 12.3.